The predicted octanol–water partition coefficient (Wildman–Crippen LogP) is 2.48. The van der Waals surface area contributed by atoms with Crippen LogP contribution in [0.1, 0.15) is 11.1 Å². The van der Waals surface area contributed by atoms with Crippen molar-refractivity contribution in [2.45, 2.75) is 13.0 Å². The van der Waals surface area contributed by atoms with Gasteiger partial charge in [0.25, 0.3) is 0 Å². The minimum Gasteiger partial charge on any atom is -0.497 e. The second-order valence-electron chi connectivity index (χ2n) is 5.85. The number of hydrogen-bond acceptors (Lipinski definition) is 3. The van der Waals surface area contributed by atoms with Crippen LogP contribution in [0.15, 0.2) is 53.5 Å². The fraction of sp³-hybridized carbons (Fsp3) is 0.300. The van der Waals surface area contributed by atoms with Crippen LogP contribution < -0.4 is 20.7 Å². The Balaban J connectivity index is 0.00000392. The molecule has 0 aromatic heterocycles. The number of aliphatic imine (C=N–C) groups is 1. The summed E-state index contributed by atoms with van der Waals surface area (Å²) in [4.78, 5) is 16.0. The highest BCUT2D eigenvalue weighted by atomic mass is 127. The number of nitrogens with zero attached hydrogens (tertiary/aromatic N) is 1. The molecule has 0 aliphatic rings. The van der Waals surface area contributed by atoms with E-state index in [1.807, 2.05) is 24.3 Å². The third kappa shape index (κ3) is 8.55. The first-order valence-electron chi connectivity index (χ1n) is 8.69. The van der Waals surface area contributed by atoms with Crippen LogP contribution in [0.3, 0.4) is 0 Å². The Labute approximate surface area is 182 Å². The molecule has 0 bridgehead atoms. The van der Waals surface area contributed by atoms with E-state index < -0.39 is 0 Å². The minimum absolute atomic E-state index is 0. The van der Waals surface area contributed by atoms with E-state index in [0.717, 1.165) is 16.9 Å². The largest absolute Gasteiger partial charge is 0.497 e. The molecule has 0 radical (unpaired) electrons. The predicted molar refractivity (Wildman–Crippen MR) is 120 cm³/mol. The molecule has 0 fully saturated rings. The molecule has 0 spiro atoms. The molecule has 0 aliphatic carbocycles. The molecular formula is C20H26FIN4O2. The number of guanidine groups is 1. The highest BCUT2D eigenvalue weighted by Gasteiger charge is 2.04. The van der Waals surface area contributed by atoms with Gasteiger partial charge in [-0.05, 0) is 35.4 Å². The first-order chi connectivity index (χ1) is 13.1. The van der Waals surface area contributed by atoms with Gasteiger partial charge >= 0.3 is 0 Å². The maximum Gasteiger partial charge on any atom is 0.224 e. The molecule has 0 saturated heterocycles. The Morgan fingerprint density at radius 1 is 0.964 bits per heavy atom. The van der Waals surface area contributed by atoms with Crippen LogP contribution in [-0.4, -0.2) is 39.1 Å². The van der Waals surface area contributed by atoms with Gasteiger partial charge in [-0.1, -0.05) is 24.3 Å². The molecule has 0 aliphatic heterocycles. The van der Waals surface area contributed by atoms with Crippen LogP contribution in [0, 0.1) is 5.82 Å². The summed E-state index contributed by atoms with van der Waals surface area (Å²) >= 11 is 0. The van der Waals surface area contributed by atoms with Gasteiger partial charge < -0.3 is 20.7 Å². The summed E-state index contributed by atoms with van der Waals surface area (Å²) in [5.74, 6) is 1.05. The first kappa shape index (κ1) is 23.7. The molecule has 3 N–H and O–H groups in total. The number of hydrogen-bond donors (Lipinski definition) is 3. The summed E-state index contributed by atoms with van der Waals surface area (Å²) in [6, 6.07) is 13.7. The molecule has 8 heteroatoms. The number of nitrogens with one attached hydrogen (secondary N) is 3. The number of halogens is 2. The lowest BCUT2D eigenvalue weighted by Crippen LogP contribution is -2.41. The van der Waals surface area contributed by atoms with Crippen molar-refractivity contribution in [2.24, 2.45) is 4.99 Å². The van der Waals surface area contributed by atoms with Crippen molar-refractivity contribution in [3.8, 4) is 5.75 Å². The van der Waals surface area contributed by atoms with Gasteiger partial charge in [-0.15, -0.1) is 24.0 Å². The molecule has 28 heavy (non-hydrogen) atoms. The van der Waals surface area contributed by atoms with Crippen LogP contribution in [0.25, 0.3) is 0 Å². The zero-order valence-corrected chi connectivity index (χ0v) is 18.3. The van der Waals surface area contributed by atoms with Crippen molar-refractivity contribution in [1.29, 1.82) is 0 Å². The molecule has 1 amide bonds. The van der Waals surface area contributed by atoms with Crippen LogP contribution in [0.5, 0.6) is 5.75 Å². The van der Waals surface area contributed by atoms with Gasteiger partial charge in [-0.3, -0.25) is 9.79 Å². The average molecular weight is 500 g/mol. The maximum atomic E-state index is 12.9. The van der Waals surface area contributed by atoms with Gasteiger partial charge in [0.05, 0.1) is 13.5 Å². The fourth-order valence-electron chi connectivity index (χ4n) is 2.38. The average Bonchev–Trinajstić information content (AvgIpc) is 2.69. The van der Waals surface area contributed by atoms with Crippen molar-refractivity contribution >= 4 is 35.8 Å². The zero-order chi connectivity index (χ0) is 19.5. The molecule has 2 aromatic rings. The van der Waals surface area contributed by atoms with Gasteiger partial charge in [0, 0.05) is 26.7 Å². The van der Waals surface area contributed by atoms with E-state index in [-0.39, 0.29) is 42.1 Å². The molecule has 152 valence electrons. The molecule has 6 nitrogen and oxygen atoms in total. The first-order valence-corrected chi connectivity index (χ1v) is 8.69. The van der Waals surface area contributed by atoms with E-state index in [9.17, 15) is 9.18 Å². The van der Waals surface area contributed by atoms with E-state index in [4.69, 9.17) is 4.74 Å². The third-order valence-electron chi connectivity index (χ3n) is 3.86. The number of methoxy groups -OCH3 is 1. The number of rotatable bonds is 8. The SMILES string of the molecule is CN=C(NCCNC(=O)Cc1ccc(F)cc1)NCc1ccc(OC)cc1.I. The van der Waals surface area contributed by atoms with E-state index >= 15 is 0 Å². The Bertz CT molecular complexity index is 752. The normalized spacial score (nSPS) is 10.6. The van der Waals surface area contributed by atoms with E-state index in [1.54, 1.807) is 26.3 Å². The quantitative estimate of drug-likeness (QED) is 0.226. The summed E-state index contributed by atoms with van der Waals surface area (Å²) in [7, 11) is 3.33. The van der Waals surface area contributed by atoms with Crippen molar-refractivity contribution < 1.29 is 13.9 Å². The Kier molecular flexibility index (Phi) is 10.9. The van der Waals surface area contributed by atoms with Gasteiger partial charge in [0.15, 0.2) is 5.96 Å². The monoisotopic (exact) mass is 500 g/mol. The summed E-state index contributed by atoms with van der Waals surface area (Å²) < 4.78 is 18.0. The molecular weight excluding hydrogens is 474 g/mol. The lowest BCUT2D eigenvalue weighted by molar-refractivity contribution is -0.120. The lowest BCUT2D eigenvalue weighted by Gasteiger charge is -2.12. The second kappa shape index (κ2) is 12.9. The van der Waals surface area contributed by atoms with Crippen molar-refractivity contribution in [3.05, 3.63) is 65.5 Å². The third-order valence-corrected chi connectivity index (χ3v) is 3.86. The highest BCUT2D eigenvalue weighted by Crippen LogP contribution is 2.10. The van der Waals surface area contributed by atoms with Crippen molar-refractivity contribution in [1.82, 2.24) is 16.0 Å². The number of carbonyl (C=O) groups excluding carboxylic acids is 1. The van der Waals surface area contributed by atoms with Crippen LogP contribution >= 0.6 is 24.0 Å². The molecule has 2 rings (SSSR count). The number of carbonyl (C=O) groups is 1. The summed E-state index contributed by atoms with van der Waals surface area (Å²) in [6.07, 6.45) is 0.227. The van der Waals surface area contributed by atoms with Crippen LogP contribution in [-0.2, 0) is 17.8 Å². The topological polar surface area (TPSA) is 74.8 Å². The number of benzene rings is 2. The molecule has 0 atom stereocenters. The van der Waals surface area contributed by atoms with E-state index in [1.165, 1.54) is 12.1 Å². The molecule has 0 unspecified atom stereocenters. The zero-order valence-electron chi connectivity index (χ0n) is 16.0. The lowest BCUT2D eigenvalue weighted by atomic mass is 10.1. The molecule has 0 heterocycles. The van der Waals surface area contributed by atoms with E-state index in [2.05, 4.69) is 20.9 Å². The smallest absolute Gasteiger partial charge is 0.224 e. The Morgan fingerprint density at radius 3 is 2.18 bits per heavy atom. The van der Waals surface area contributed by atoms with Crippen LogP contribution in [0.4, 0.5) is 4.39 Å². The number of ether oxygens (including phenoxy) is 1. The van der Waals surface area contributed by atoms with Crippen molar-refractivity contribution in [2.75, 3.05) is 27.2 Å². The van der Waals surface area contributed by atoms with Gasteiger partial charge in [-0.2, -0.15) is 0 Å². The van der Waals surface area contributed by atoms with E-state index in [0.29, 0.717) is 25.6 Å². The molecule has 2 aromatic carbocycles. The summed E-state index contributed by atoms with van der Waals surface area (Å²) in [6.45, 7) is 1.63. The highest BCUT2D eigenvalue weighted by molar-refractivity contribution is 14.0. The summed E-state index contributed by atoms with van der Waals surface area (Å²) in [5.41, 5.74) is 1.88. The number of amides is 1. The Hall–Kier alpha value is -2.36. The van der Waals surface area contributed by atoms with Crippen LogP contribution in [0.2, 0.25) is 0 Å². The maximum absolute atomic E-state index is 12.9. The van der Waals surface area contributed by atoms with Crippen molar-refractivity contribution in [3.63, 3.8) is 0 Å². The Morgan fingerprint density at radius 2 is 1.57 bits per heavy atom. The van der Waals surface area contributed by atoms with Gasteiger partial charge in [0.1, 0.15) is 11.6 Å². The van der Waals surface area contributed by atoms with Gasteiger partial charge in [0.2, 0.25) is 5.91 Å². The standard InChI is InChI=1S/C20H25FN4O2.HI/c1-22-20(25-14-16-5-9-18(27-2)10-6-16)24-12-11-23-19(26)13-15-3-7-17(21)8-4-15;/h3-10H,11-14H2,1-2H3,(H,23,26)(H2,22,24,25);1H. The van der Waals surface area contributed by atoms with Gasteiger partial charge in [-0.25, -0.2) is 4.39 Å². The minimum atomic E-state index is -0.308. The second-order valence-corrected chi connectivity index (χ2v) is 5.85. The summed E-state index contributed by atoms with van der Waals surface area (Å²) in [5, 5.41) is 9.16. The fourth-order valence-corrected chi connectivity index (χ4v) is 2.38. The molecule has 0 saturated carbocycles.